The number of amides is 6. The van der Waals surface area contributed by atoms with Crippen LogP contribution in [0, 0.1) is 11.6 Å². The molecule has 0 bridgehead atoms. The number of rotatable bonds is 15. The molecule has 18 heteroatoms. The third-order valence-electron chi connectivity index (χ3n) is 11.2. The van der Waals surface area contributed by atoms with Crippen molar-refractivity contribution >= 4 is 57.7 Å². The number of ether oxygens (including phenoxy) is 1. The van der Waals surface area contributed by atoms with Crippen molar-refractivity contribution in [1.29, 1.82) is 0 Å². The predicted octanol–water partition coefficient (Wildman–Crippen LogP) is 5.60. The molecule has 1 atom stereocenters. The highest BCUT2D eigenvalue weighted by molar-refractivity contribution is 6.24. The molecule has 1 saturated heterocycles. The molecule has 4 heterocycles. The topological polar surface area (TPSA) is 207 Å². The number of nitrogens with one attached hydrogen (secondary N) is 4. The van der Waals surface area contributed by atoms with E-state index in [1.807, 2.05) is 30.3 Å². The van der Waals surface area contributed by atoms with E-state index >= 15 is 8.78 Å². The Kier molecular flexibility index (Phi) is 11.3. The number of unbranched alkanes of at least 4 members (excludes halogenated alkanes) is 1. The zero-order valence-corrected chi connectivity index (χ0v) is 34.0. The lowest BCUT2D eigenvalue weighted by Gasteiger charge is -2.27. The minimum absolute atomic E-state index is 0.00504. The van der Waals surface area contributed by atoms with Crippen LogP contribution < -0.4 is 26.0 Å². The van der Waals surface area contributed by atoms with Crippen LogP contribution in [0.15, 0.2) is 91.3 Å². The summed E-state index contributed by atoms with van der Waals surface area (Å²) in [5, 5.41) is 19.8. The van der Waals surface area contributed by atoms with Gasteiger partial charge in [-0.05, 0) is 80.1 Å². The van der Waals surface area contributed by atoms with Gasteiger partial charge < -0.3 is 20.7 Å². The van der Waals surface area contributed by atoms with E-state index in [1.165, 1.54) is 42.6 Å². The van der Waals surface area contributed by atoms with Crippen LogP contribution in [-0.4, -0.2) is 78.9 Å². The summed E-state index contributed by atoms with van der Waals surface area (Å²) in [6.07, 6.45) is 5.98. The Morgan fingerprint density at radius 3 is 2.45 bits per heavy atom. The third-order valence-corrected chi connectivity index (χ3v) is 11.2. The highest BCUT2D eigenvalue weighted by Gasteiger charge is 2.46. The van der Waals surface area contributed by atoms with Crippen molar-refractivity contribution in [1.82, 2.24) is 40.8 Å². The number of benzene rings is 4. The Morgan fingerprint density at radius 2 is 1.67 bits per heavy atom. The summed E-state index contributed by atoms with van der Waals surface area (Å²) in [6, 6.07) is 19.4. The molecule has 4 N–H and O–H groups in total. The number of hydrogen-bond acceptors (Lipinski definition) is 11. The van der Waals surface area contributed by atoms with E-state index in [2.05, 4.69) is 36.6 Å². The van der Waals surface area contributed by atoms with Crippen LogP contribution in [0.25, 0.3) is 22.0 Å². The Hall–Kier alpha value is -7.89. The number of nitrogens with zero attached hydrogens (tertiary/aromatic N) is 5. The van der Waals surface area contributed by atoms with Crippen LogP contribution in [-0.2, 0) is 22.7 Å². The number of para-hydroxylation sites is 1. The molecule has 1 aliphatic carbocycles. The van der Waals surface area contributed by atoms with Gasteiger partial charge in [0.25, 0.3) is 23.6 Å². The summed E-state index contributed by atoms with van der Waals surface area (Å²) < 4.78 is 38.6. The average Bonchev–Trinajstić information content (AvgIpc) is 3.92. The smallest absolute Gasteiger partial charge is 0.266 e. The maximum Gasteiger partial charge on any atom is 0.266 e. The van der Waals surface area contributed by atoms with E-state index in [4.69, 9.17) is 4.74 Å². The number of hydrogen-bond donors (Lipinski definition) is 4. The van der Waals surface area contributed by atoms with E-state index in [0.29, 0.717) is 47.4 Å². The van der Waals surface area contributed by atoms with Gasteiger partial charge in [-0.2, -0.15) is 0 Å². The number of halogens is 2. The standard InChI is InChI=1S/C46H39F2N9O7/c47-34-19-25(31-20-32-36(21-35(31)48)50-22-33(43(60)52-27-12-13-27)41(32)51-26-7-2-1-3-8-26)11-14-29(34)42(59)49-17-4-5-18-56-23-28(54-55-56)24-64-38-10-6-9-30-40(38)46(63)57(45(30)62)37-15-16-39(58)53-44(37)61/h1-3,6-11,14,19-23,27,37H,4-5,12-13,15-18,24H2,(H,49,59)(H,50,51)(H,52,60)(H,53,58,61). The van der Waals surface area contributed by atoms with Gasteiger partial charge in [0, 0.05) is 54.5 Å². The largest absolute Gasteiger partial charge is 0.486 e. The van der Waals surface area contributed by atoms with Gasteiger partial charge in [0.1, 0.15) is 35.7 Å². The quantitative estimate of drug-likeness (QED) is 0.0739. The molecule has 6 aromatic rings. The lowest BCUT2D eigenvalue weighted by molar-refractivity contribution is -0.136. The number of aryl methyl sites for hydroxylation is 1. The summed E-state index contributed by atoms with van der Waals surface area (Å²) >= 11 is 0. The van der Waals surface area contributed by atoms with Gasteiger partial charge in [0.2, 0.25) is 11.8 Å². The Morgan fingerprint density at radius 1 is 0.844 bits per heavy atom. The van der Waals surface area contributed by atoms with E-state index in [9.17, 15) is 28.8 Å². The van der Waals surface area contributed by atoms with Gasteiger partial charge in [-0.3, -0.25) is 48.6 Å². The van der Waals surface area contributed by atoms with Crippen molar-refractivity contribution < 1.29 is 42.3 Å². The zero-order chi connectivity index (χ0) is 44.5. The first kappa shape index (κ1) is 41.5. The fourth-order valence-electron chi connectivity index (χ4n) is 7.73. The van der Waals surface area contributed by atoms with E-state index in [1.54, 1.807) is 16.9 Å². The SMILES string of the molecule is O=C1CCC(N2C(=O)c3cccc(OCc4cn(CCCCNC(=O)c5ccc(-c6cc7c(Nc8ccccc8)c(C(=O)NC8CC8)cnc7cc6F)cc5F)nn4)c3C2=O)C(=O)N1. The lowest BCUT2D eigenvalue weighted by Crippen LogP contribution is -2.54. The van der Waals surface area contributed by atoms with Crippen LogP contribution in [0.2, 0.25) is 0 Å². The second kappa shape index (κ2) is 17.5. The number of anilines is 2. The number of carbonyl (C=O) groups excluding carboxylic acids is 6. The lowest BCUT2D eigenvalue weighted by atomic mass is 9.98. The molecule has 0 radical (unpaired) electrons. The highest BCUT2D eigenvalue weighted by atomic mass is 19.1. The first-order valence-electron chi connectivity index (χ1n) is 20.7. The van der Waals surface area contributed by atoms with Crippen LogP contribution >= 0.6 is 0 Å². The molecular formula is C46H39F2N9O7. The van der Waals surface area contributed by atoms with E-state index < -0.39 is 47.2 Å². The van der Waals surface area contributed by atoms with Crippen molar-refractivity contribution in [3.8, 4) is 16.9 Å². The minimum atomic E-state index is -1.10. The fraction of sp³-hybridized carbons (Fsp3) is 0.239. The molecule has 1 saturated carbocycles. The van der Waals surface area contributed by atoms with Crippen LogP contribution in [0.4, 0.5) is 20.2 Å². The molecule has 4 aromatic carbocycles. The molecule has 9 rings (SSSR count). The maximum absolute atomic E-state index is 15.6. The van der Waals surface area contributed by atoms with Crippen molar-refractivity contribution in [2.45, 2.75) is 63.8 Å². The number of imide groups is 2. The number of piperidine rings is 1. The van der Waals surface area contributed by atoms with Gasteiger partial charge in [-0.25, -0.2) is 8.78 Å². The van der Waals surface area contributed by atoms with Crippen molar-refractivity contribution in [2.75, 3.05) is 11.9 Å². The maximum atomic E-state index is 15.6. The Labute approximate surface area is 363 Å². The van der Waals surface area contributed by atoms with Gasteiger partial charge >= 0.3 is 0 Å². The number of fused-ring (bicyclic) bond motifs is 2. The van der Waals surface area contributed by atoms with Gasteiger partial charge in [-0.1, -0.05) is 35.5 Å². The summed E-state index contributed by atoms with van der Waals surface area (Å²) in [5.74, 6) is -4.81. The van der Waals surface area contributed by atoms with E-state index in [-0.39, 0.29) is 77.1 Å². The summed E-state index contributed by atoms with van der Waals surface area (Å²) in [5.41, 5.74) is 2.31. The van der Waals surface area contributed by atoms with Crippen molar-refractivity contribution in [3.05, 3.63) is 131 Å². The molecule has 1 unspecified atom stereocenters. The average molecular weight is 868 g/mol. The van der Waals surface area contributed by atoms with Gasteiger partial charge in [-0.15, -0.1) is 5.10 Å². The number of pyridine rings is 1. The molecule has 64 heavy (non-hydrogen) atoms. The Balaban J connectivity index is 0.794. The van der Waals surface area contributed by atoms with Gasteiger partial charge in [0.15, 0.2) is 0 Å². The van der Waals surface area contributed by atoms with Crippen LogP contribution in [0.1, 0.15) is 85.7 Å². The van der Waals surface area contributed by atoms with Crippen LogP contribution in [0.5, 0.6) is 5.75 Å². The number of aromatic nitrogens is 4. The second-order valence-corrected chi connectivity index (χ2v) is 15.7. The highest BCUT2D eigenvalue weighted by Crippen LogP contribution is 2.36. The van der Waals surface area contributed by atoms with E-state index in [0.717, 1.165) is 23.8 Å². The third kappa shape index (κ3) is 8.49. The molecule has 2 aliphatic heterocycles. The summed E-state index contributed by atoms with van der Waals surface area (Å²) in [4.78, 5) is 82.1. The first-order chi connectivity index (χ1) is 31.0. The molecule has 6 amide bonds. The normalized spacial score (nSPS) is 15.8. The first-order valence-corrected chi connectivity index (χ1v) is 20.7. The molecule has 324 valence electrons. The Bertz CT molecular complexity index is 2880. The van der Waals surface area contributed by atoms with Gasteiger partial charge in [0.05, 0.1) is 39.7 Å². The molecular weight excluding hydrogens is 829 g/mol. The molecule has 2 fully saturated rings. The van der Waals surface area contributed by atoms with Crippen molar-refractivity contribution in [2.24, 2.45) is 0 Å². The minimum Gasteiger partial charge on any atom is -0.486 e. The summed E-state index contributed by atoms with van der Waals surface area (Å²) in [7, 11) is 0. The predicted molar refractivity (Wildman–Crippen MR) is 226 cm³/mol. The summed E-state index contributed by atoms with van der Waals surface area (Å²) in [6.45, 7) is 0.587. The number of carbonyl (C=O) groups is 6. The molecule has 0 spiro atoms. The monoisotopic (exact) mass is 867 g/mol. The molecule has 16 nitrogen and oxygen atoms in total. The van der Waals surface area contributed by atoms with Crippen LogP contribution in [0.3, 0.4) is 0 Å². The zero-order valence-electron chi connectivity index (χ0n) is 34.0. The fourth-order valence-corrected chi connectivity index (χ4v) is 7.73. The molecule has 3 aliphatic rings. The second-order valence-electron chi connectivity index (χ2n) is 15.7. The molecule has 2 aromatic heterocycles. The van der Waals surface area contributed by atoms with Crippen molar-refractivity contribution in [3.63, 3.8) is 0 Å².